The fraction of sp³-hybridized carbons (Fsp3) is 0.556. The van der Waals surface area contributed by atoms with E-state index >= 15 is 0 Å². The minimum absolute atomic E-state index is 0.143. The minimum atomic E-state index is -4.42. The topological polar surface area (TPSA) is 81.7 Å². The second-order valence-corrected chi connectivity index (χ2v) is 7.10. The lowest BCUT2D eigenvalue weighted by atomic mass is 9.78. The third kappa shape index (κ3) is 6.13. The van der Waals surface area contributed by atoms with Gasteiger partial charge in [0.25, 0.3) is 0 Å². The van der Waals surface area contributed by atoms with Crippen molar-refractivity contribution in [1.29, 1.82) is 0 Å². The lowest BCUT2D eigenvalue weighted by molar-refractivity contribution is -0.137. The van der Waals surface area contributed by atoms with Crippen LogP contribution in [0.15, 0.2) is 24.3 Å². The molecule has 1 aromatic carbocycles. The molecule has 1 fully saturated rings. The van der Waals surface area contributed by atoms with Crippen molar-refractivity contribution in [1.82, 2.24) is 15.5 Å². The van der Waals surface area contributed by atoms with Crippen LogP contribution in [-0.4, -0.2) is 54.7 Å². The Bertz CT molecular complexity index is 679. The predicted molar refractivity (Wildman–Crippen MR) is 93.5 cm³/mol. The van der Waals surface area contributed by atoms with Crippen molar-refractivity contribution in [3.8, 4) is 0 Å². The number of carbonyl (C=O) groups excluding carboxylic acids is 1. The van der Waals surface area contributed by atoms with Crippen LogP contribution in [0.5, 0.6) is 0 Å². The van der Waals surface area contributed by atoms with Gasteiger partial charge in [0.2, 0.25) is 5.91 Å². The Labute approximate surface area is 155 Å². The second-order valence-electron chi connectivity index (χ2n) is 7.10. The SMILES string of the molecule is CN(C)CC(=O)N[C@H]1C[C@@H](c2cccc(C(F)(F)F)c2)CC[C@@H]1NC(=O)O. The summed E-state index contributed by atoms with van der Waals surface area (Å²) in [5.74, 6) is -0.448. The van der Waals surface area contributed by atoms with Crippen LogP contribution in [0, 0.1) is 0 Å². The summed E-state index contributed by atoms with van der Waals surface area (Å²) in [5.41, 5.74) is -0.163. The number of amides is 2. The van der Waals surface area contributed by atoms with Crippen LogP contribution in [0.3, 0.4) is 0 Å². The third-order valence-corrected chi connectivity index (χ3v) is 4.65. The van der Waals surface area contributed by atoms with E-state index in [1.54, 1.807) is 25.1 Å². The Kier molecular flexibility index (Phi) is 6.69. The Morgan fingerprint density at radius 3 is 2.48 bits per heavy atom. The molecule has 0 aliphatic heterocycles. The van der Waals surface area contributed by atoms with Crippen LogP contribution in [0.2, 0.25) is 0 Å². The van der Waals surface area contributed by atoms with E-state index in [9.17, 15) is 22.8 Å². The van der Waals surface area contributed by atoms with Gasteiger partial charge in [0, 0.05) is 6.04 Å². The first kappa shape index (κ1) is 21.0. The summed E-state index contributed by atoms with van der Waals surface area (Å²) in [6.07, 6.45) is -4.28. The van der Waals surface area contributed by atoms with E-state index in [2.05, 4.69) is 10.6 Å². The zero-order valence-corrected chi connectivity index (χ0v) is 15.2. The number of halogens is 3. The molecule has 0 bridgehead atoms. The number of benzene rings is 1. The molecule has 150 valence electrons. The summed E-state index contributed by atoms with van der Waals surface area (Å²) in [4.78, 5) is 24.8. The Balaban J connectivity index is 2.17. The van der Waals surface area contributed by atoms with Crippen molar-refractivity contribution in [3.63, 3.8) is 0 Å². The van der Waals surface area contributed by atoms with Crippen molar-refractivity contribution in [2.24, 2.45) is 0 Å². The van der Waals surface area contributed by atoms with Gasteiger partial charge >= 0.3 is 12.3 Å². The molecule has 2 amide bonds. The van der Waals surface area contributed by atoms with Crippen LogP contribution in [-0.2, 0) is 11.0 Å². The normalized spacial score (nSPS) is 23.1. The molecule has 27 heavy (non-hydrogen) atoms. The summed E-state index contributed by atoms with van der Waals surface area (Å²) in [5, 5.41) is 14.2. The van der Waals surface area contributed by atoms with Crippen molar-refractivity contribution in [3.05, 3.63) is 35.4 Å². The first-order valence-corrected chi connectivity index (χ1v) is 8.67. The summed E-state index contributed by atoms with van der Waals surface area (Å²) in [6.45, 7) is 0.143. The fourth-order valence-corrected chi connectivity index (χ4v) is 3.47. The van der Waals surface area contributed by atoms with Gasteiger partial charge in [-0.3, -0.25) is 4.79 Å². The maximum Gasteiger partial charge on any atom is 0.416 e. The van der Waals surface area contributed by atoms with Gasteiger partial charge in [0.1, 0.15) is 0 Å². The van der Waals surface area contributed by atoms with E-state index in [0.717, 1.165) is 12.1 Å². The molecule has 0 saturated heterocycles. The average Bonchev–Trinajstić information content (AvgIpc) is 2.54. The number of hydrogen-bond acceptors (Lipinski definition) is 3. The molecule has 9 heteroatoms. The lowest BCUT2D eigenvalue weighted by Crippen LogP contribution is -2.55. The average molecular weight is 387 g/mol. The fourth-order valence-electron chi connectivity index (χ4n) is 3.47. The molecular weight excluding hydrogens is 363 g/mol. The summed E-state index contributed by atoms with van der Waals surface area (Å²) in [7, 11) is 3.47. The van der Waals surface area contributed by atoms with E-state index in [0.29, 0.717) is 24.8 Å². The molecule has 6 nitrogen and oxygen atoms in total. The molecule has 3 N–H and O–H groups in total. The molecular formula is C18H24F3N3O3. The van der Waals surface area contributed by atoms with Crippen LogP contribution < -0.4 is 10.6 Å². The number of likely N-dealkylation sites (N-methyl/N-ethyl adjacent to an activating group) is 1. The predicted octanol–water partition coefficient (Wildman–Crippen LogP) is 2.66. The Morgan fingerprint density at radius 1 is 1.19 bits per heavy atom. The first-order valence-electron chi connectivity index (χ1n) is 8.67. The minimum Gasteiger partial charge on any atom is -0.465 e. The molecule has 0 aromatic heterocycles. The van der Waals surface area contributed by atoms with E-state index in [1.807, 2.05) is 0 Å². The molecule has 1 aromatic rings. The van der Waals surface area contributed by atoms with Gasteiger partial charge in [-0.05, 0) is 50.9 Å². The molecule has 1 aliphatic rings. The Hall–Kier alpha value is -2.29. The lowest BCUT2D eigenvalue weighted by Gasteiger charge is -2.37. The number of alkyl halides is 3. The van der Waals surface area contributed by atoms with Gasteiger partial charge in [0.15, 0.2) is 0 Å². The second kappa shape index (κ2) is 8.60. The number of nitrogens with one attached hydrogen (secondary N) is 2. The molecule has 0 unspecified atom stereocenters. The highest BCUT2D eigenvalue weighted by molar-refractivity contribution is 5.78. The zero-order chi connectivity index (χ0) is 20.2. The van der Waals surface area contributed by atoms with Gasteiger partial charge in [-0.2, -0.15) is 13.2 Å². The summed E-state index contributed by atoms with van der Waals surface area (Å²) in [6, 6.07) is 4.21. The standard InChI is InChI=1S/C18H24F3N3O3/c1-24(2)10-16(25)22-15-9-12(6-7-14(15)23-17(26)27)11-4-3-5-13(8-11)18(19,20)21/h3-5,8,12,14-15,23H,6-7,9-10H2,1-2H3,(H,22,25)(H,26,27)/t12-,14-,15-/m0/s1. The number of hydrogen-bond donors (Lipinski definition) is 3. The molecule has 0 spiro atoms. The number of carboxylic acid groups (broad SMARTS) is 1. The van der Waals surface area contributed by atoms with Crippen molar-refractivity contribution < 1.29 is 27.9 Å². The first-order chi connectivity index (χ1) is 12.6. The number of nitrogens with zero attached hydrogens (tertiary/aromatic N) is 1. The van der Waals surface area contributed by atoms with Gasteiger partial charge in [-0.25, -0.2) is 4.79 Å². The molecule has 2 rings (SSSR count). The maximum absolute atomic E-state index is 13.0. The van der Waals surface area contributed by atoms with E-state index < -0.39 is 29.9 Å². The van der Waals surface area contributed by atoms with Crippen molar-refractivity contribution >= 4 is 12.0 Å². The van der Waals surface area contributed by atoms with E-state index in [1.165, 1.54) is 6.07 Å². The highest BCUT2D eigenvalue weighted by Crippen LogP contribution is 2.36. The maximum atomic E-state index is 13.0. The van der Waals surface area contributed by atoms with E-state index in [4.69, 9.17) is 5.11 Å². The Morgan fingerprint density at radius 2 is 1.89 bits per heavy atom. The van der Waals surface area contributed by atoms with Gasteiger partial charge in [-0.15, -0.1) is 0 Å². The van der Waals surface area contributed by atoms with Crippen LogP contribution in [0.25, 0.3) is 0 Å². The highest BCUT2D eigenvalue weighted by Gasteiger charge is 2.35. The highest BCUT2D eigenvalue weighted by atomic mass is 19.4. The quantitative estimate of drug-likeness (QED) is 0.726. The van der Waals surface area contributed by atoms with Crippen molar-refractivity contribution in [2.45, 2.75) is 43.4 Å². The van der Waals surface area contributed by atoms with Gasteiger partial charge < -0.3 is 20.6 Å². The molecule has 0 radical (unpaired) electrons. The smallest absolute Gasteiger partial charge is 0.416 e. The van der Waals surface area contributed by atoms with E-state index in [-0.39, 0.29) is 18.4 Å². The number of carbonyl (C=O) groups is 2. The van der Waals surface area contributed by atoms with Crippen LogP contribution in [0.1, 0.15) is 36.3 Å². The summed E-state index contributed by atoms with van der Waals surface area (Å²) < 4.78 is 38.9. The molecule has 1 saturated carbocycles. The molecule has 3 atom stereocenters. The number of rotatable bonds is 5. The molecule has 1 aliphatic carbocycles. The molecule has 0 heterocycles. The van der Waals surface area contributed by atoms with Crippen molar-refractivity contribution in [2.75, 3.05) is 20.6 Å². The largest absolute Gasteiger partial charge is 0.465 e. The van der Waals surface area contributed by atoms with Gasteiger partial charge in [0.05, 0.1) is 18.2 Å². The van der Waals surface area contributed by atoms with Gasteiger partial charge in [-0.1, -0.05) is 18.2 Å². The monoisotopic (exact) mass is 387 g/mol. The van der Waals surface area contributed by atoms with Crippen LogP contribution >= 0.6 is 0 Å². The zero-order valence-electron chi connectivity index (χ0n) is 15.2. The summed E-state index contributed by atoms with van der Waals surface area (Å²) >= 11 is 0. The van der Waals surface area contributed by atoms with Crippen LogP contribution in [0.4, 0.5) is 18.0 Å². The third-order valence-electron chi connectivity index (χ3n) is 4.65.